The molecule has 0 bridgehead atoms. The molecule has 0 spiro atoms. The number of aryl methyl sites for hydroxylation is 2. The number of hydrogen-bond acceptors (Lipinski definition) is 8. The highest BCUT2D eigenvalue weighted by atomic mass is 32.2. The second kappa shape index (κ2) is 8.58. The van der Waals surface area contributed by atoms with Crippen LogP contribution in [0.5, 0.6) is 11.5 Å². The number of aromatic nitrogens is 5. The fourth-order valence-electron chi connectivity index (χ4n) is 2.97. The number of hydrogen-bond donors (Lipinski definition) is 0. The maximum atomic E-state index is 5.45. The minimum absolute atomic E-state index is 0.442. The normalized spacial score (nSPS) is 10.9. The fraction of sp³-hybridized carbons (Fsp3) is 0.238. The first kappa shape index (κ1) is 20.0. The van der Waals surface area contributed by atoms with E-state index in [4.69, 9.17) is 14.0 Å². The fourth-order valence-corrected chi connectivity index (χ4v) is 3.80. The molecule has 8 nitrogen and oxygen atoms in total. The summed E-state index contributed by atoms with van der Waals surface area (Å²) in [5, 5.41) is 13.4. The monoisotopic (exact) mass is 423 g/mol. The van der Waals surface area contributed by atoms with Crippen LogP contribution in [0.25, 0.3) is 17.1 Å². The molecular weight excluding hydrogens is 402 g/mol. The van der Waals surface area contributed by atoms with Gasteiger partial charge in [0.1, 0.15) is 17.3 Å². The number of nitrogens with zero attached hydrogens (tertiary/aromatic N) is 5. The lowest BCUT2D eigenvalue weighted by Gasteiger charge is -2.08. The standard InChI is InChI=1S/C21H21N5O3S/c1-13-5-7-15(8-6-13)26-14(2)23-24-21(26)30-12-19-22-20(25-29-19)17-11-16(27-3)9-10-18(17)28-4/h5-11H,12H2,1-4H3. The van der Waals surface area contributed by atoms with Crippen molar-refractivity contribution >= 4 is 11.8 Å². The lowest BCUT2D eigenvalue weighted by molar-refractivity contribution is 0.389. The van der Waals surface area contributed by atoms with Crippen LogP contribution >= 0.6 is 11.8 Å². The molecular formula is C21H21N5O3S. The Kier molecular flexibility index (Phi) is 5.71. The van der Waals surface area contributed by atoms with Crippen molar-refractivity contribution in [3.05, 3.63) is 59.7 Å². The highest BCUT2D eigenvalue weighted by Gasteiger charge is 2.17. The predicted octanol–water partition coefficient (Wildman–Crippen LogP) is 4.24. The summed E-state index contributed by atoms with van der Waals surface area (Å²) in [4.78, 5) is 4.51. The first-order valence-corrected chi connectivity index (χ1v) is 10.2. The molecule has 0 aliphatic carbocycles. The van der Waals surface area contributed by atoms with Gasteiger partial charge in [0.05, 0.1) is 25.5 Å². The first-order valence-electron chi connectivity index (χ1n) is 9.26. The molecule has 0 saturated heterocycles. The van der Waals surface area contributed by atoms with E-state index in [1.807, 2.05) is 29.7 Å². The number of benzene rings is 2. The van der Waals surface area contributed by atoms with Crippen LogP contribution in [0.1, 0.15) is 17.3 Å². The highest BCUT2D eigenvalue weighted by molar-refractivity contribution is 7.98. The summed E-state index contributed by atoms with van der Waals surface area (Å²) in [7, 11) is 3.21. The third kappa shape index (κ3) is 4.02. The van der Waals surface area contributed by atoms with E-state index in [-0.39, 0.29) is 0 Å². The number of methoxy groups -OCH3 is 2. The van der Waals surface area contributed by atoms with Gasteiger partial charge in [0.25, 0.3) is 0 Å². The van der Waals surface area contributed by atoms with Crippen LogP contribution in [-0.2, 0) is 5.75 Å². The Morgan fingerprint density at radius 3 is 2.53 bits per heavy atom. The van der Waals surface area contributed by atoms with E-state index < -0.39 is 0 Å². The molecule has 0 N–H and O–H groups in total. The molecule has 0 saturated carbocycles. The van der Waals surface area contributed by atoms with Crippen LogP contribution in [0.2, 0.25) is 0 Å². The maximum Gasteiger partial charge on any atom is 0.237 e. The largest absolute Gasteiger partial charge is 0.497 e. The molecule has 0 unspecified atom stereocenters. The summed E-state index contributed by atoms with van der Waals surface area (Å²) in [5.41, 5.74) is 2.92. The van der Waals surface area contributed by atoms with Crippen molar-refractivity contribution in [1.82, 2.24) is 24.9 Å². The van der Waals surface area contributed by atoms with Gasteiger partial charge in [-0.25, -0.2) is 0 Å². The summed E-state index contributed by atoms with van der Waals surface area (Å²) in [6, 6.07) is 13.7. The number of thioether (sulfide) groups is 1. The molecule has 0 radical (unpaired) electrons. The van der Waals surface area contributed by atoms with Gasteiger partial charge >= 0.3 is 0 Å². The van der Waals surface area contributed by atoms with E-state index in [0.29, 0.717) is 34.5 Å². The number of ether oxygens (including phenoxy) is 2. The zero-order valence-corrected chi connectivity index (χ0v) is 17.9. The van der Waals surface area contributed by atoms with Crippen LogP contribution < -0.4 is 9.47 Å². The topological polar surface area (TPSA) is 88.1 Å². The second-order valence-corrected chi connectivity index (χ2v) is 7.51. The molecule has 154 valence electrons. The van der Waals surface area contributed by atoms with Crippen LogP contribution in [0.4, 0.5) is 0 Å². The van der Waals surface area contributed by atoms with Crippen molar-refractivity contribution in [3.63, 3.8) is 0 Å². The van der Waals surface area contributed by atoms with E-state index in [2.05, 4.69) is 51.5 Å². The third-order valence-corrected chi connectivity index (χ3v) is 5.44. The Labute approximate surface area is 178 Å². The van der Waals surface area contributed by atoms with Gasteiger partial charge in [-0.2, -0.15) is 4.98 Å². The molecule has 2 heterocycles. The van der Waals surface area contributed by atoms with Crippen molar-refractivity contribution in [3.8, 4) is 28.6 Å². The molecule has 4 aromatic rings. The van der Waals surface area contributed by atoms with Crippen molar-refractivity contribution in [2.45, 2.75) is 24.8 Å². The van der Waals surface area contributed by atoms with E-state index in [1.165, 1.54) is 17.3 Å². The molecule has 0 aliphatic heterocycles. The summed E-state index contributed by atoms with van der Waals surface area (Å²) in [5.74, 6) is 3.53. The average molecular weight is 423 g/mol. The molecule has 0 aliphatic rings. The second-order valence-electron chi connectivity index (χ2n) is 6.57. The van der Waals surface area contributed by atoms with Gasteiger partial charge < -0.3 is 14.0 Å². The molecule has 4 rings (SSSR count). The summed E-state index contributed by atoms with van der Waals surface area (Å²) >= 11 is 1.48. The van der Waals surface area contributed by atoms with Crippen LogP contribution in [0.15, 0.2) is 52.1 Å². The van der Waals surface area contributed by atoms with Crippen LogP contribution in [-0.4, -0.2) is 39.1 Å². The SMILES string of the molecule is COc1ccc(OC)c(-c2noc(CSc3nnc(C)n3-c3ccc(C)cc3)n2)c1. The first-order chi connectivity index (χ1) is 14.6. The predicted molar refractivity (Wildman–Crippen MR) is 113 cm³/mol. The van der Waals surface area contributed by atoms with Crippen LogP contribution in [0.3, 0.4) is 0 Å². The molecule has 2 aromatic heterocycles. The van der Waals surface area contributed by atoms with Gasteiger partial charge in [-0.05, 0) is 44.2 Å². The van der Waals surface area contributed by atoms with Crippen molar-refractivity contribution in [1.29, 1.82) is 0 Å². The molecule has 0 fully saturated rings. The minimum Gasteiger partial charge on any atom is -0.497 e. The lowest BCUT2D eigenvalue weighted by atomic mass is 10.2. The minimum atomic E-state index is 0.442. The molecule has 2 aromatic carbocycles. The number of rotatable bonds is 7. The van der Waals surface area contributed by atoms with Gasteiger partial charge in [0, 0.05) is 5.69 Å². The molecule has 0 atom stereocenters. The summed E-state index contributed by atoms with van der Waals surface area (Å²) < 4.78 is 18.2. The quantitative estimate of drug-likeness (QED) is 0.408. The van der Waals surface area contributed by atoms with Gasteiger partial charge in [-0.3, -0.25) is 4.57 Å². The Hall–Kier alpha value is -3.33. The van der Waals surface area contributed by atoms with E-state index >= 15 is 0 Å². The Morgan fingerprint density at radius 1 is 1.00 bits per heavy atom. The van der Waals surface area contributed by atoms with E-state index in [9.17, 15) is 0 Å². The average Bonchev–Trinajstić information content (AvgIpc) is 3.39. The van der Waals surface area contributed by atoms with Crippen molar-refractivity contribution in [2.75, 3.05) is 14.2 Å². The van der Waals surface area contributed by atoms with E-state index in [0.717, 1.165) is 16.7 Å². The van der Waals surface area contributed by atoms with Gasteiger partial charge in [-0.1, -0.05) is 34.6 Å². The highest BCUT2D eigenvalue weighted by Crippen LogP contribution is 2.32. The van der Waals surface area contributed by atoms with Crippen molar-refractivity contribution in [2.24, 2.45) is 0 Å². The molecule has 0 amide bonds. The zero-order chi connectivity index (χ0) is 21.1. The van der Waals surface area contributed by atoms with Crippen LogP contribution in [0, 0.1) is 13.8 Å². The zero-order valence-electron chi connectivity index (χ0n) is 17.1. The summed E-state index contributed by atoms with van der Waals surface area (Å²) in [6.45, 7) is 3.99. The van der Waals surface area contributed by atoms with Gasteiger partial charge in [0.15, 0.2) is 5.16 Å². The molecule has 30 heavy (non-hydrogen) atoms. The van der Waals surface area contributed by atoms with E-state index in [1.54, 1.807) is 14.2 Å². The molecule has 9 heteroatoms. The maximum absolute atomic E-state index is 5.45. The Balaban J connectivity index is 1.55. The smallest absolute Gasteiger partial charge is 0.237 e. The third-order valence-electron chi connectivity index (χ3n) is 4.53. The van der Waals surface area contributed by atoms with Gasteiger partial charge in [-0.15, -0.1) is 10.2 Å². The van der Waals surface area contributed by atoms with Gasteiger partial charge in [0.2, 0.25) is 11.7 Å². The lowest BCUT2D eigenvalue weighted by Crippen LogP contribution is -1.99. The Morgan fingerprint density at radius 2 is 1.80 bits per heavy atom. The Bertz CT molecular complexity index is 1150. The van der Waals surface area contributed by atoms with Crippen molar-refractivity contribution < 1.29 is 14.0 Å². The summed E-state index contributed by atoms with van der Waals surface area (Å²) in [6.07, 6.45) is 0.